The second kappa shape index (κ2) is 5.41. The van der Waals surface area contributed by atoms with Crippen LogP contribution in [0.1, 0.15) is 0 Å². The van der Waals surface area contributed by atoms with Gasteiger partial charge >= 0.3 is 21.2 Å². The Morgan fingerprint density at radius 1 is 0.619 bits per heavy atom. The average Bonchev–Trinajstić information content (AvgIpc) is 2.55. The van der Waals surface area contributed by atoms with Gasteiger partial charge in [0.25, 0.3) is 0 Å². The number of halogens is 1. The van der Waals surface area contributed by atoms with Crippen molar-refractivity contribution in [3.63, 3.8) is 0 Å². The molecule has 0 N–H and O–H groups in total. The van der Waals surface area contributed by atoms with Crippen molar-refractivity contribution in [2.45, 2.75) is 0 Å². The topological polar surface area (TPSA) is 25.8 Å². The first kappa shape index (κ1) is 12.7. The number of hydrogen-bond acceptors (Lipinski definition) is 2. The van der Waals surface area contributed by atoms with E-state index in [1.807, 2.05) is 24.5 Å². The maximum atomic E-state index is 4.55. The van der Waals surface area contributed by atoms with E-state index < -0.39 is 0 Å². The van der Waals surface area contributed by atoms with Crippen molar-refractivity contribution in [1.82, 2.24) is 9.97 Å². The minimum absolute atomic E-state index is 0.246. The van der Waals surface area contributed by atoms with Gasteiger partial charge in [0.15, 0.2) is 0 Å². The molecule has 4 aromatic rings. The maximum absolute atomic E-state index is 4.55. The van der Waals surface area contributed by atoms with E-state index in [4.69, 9.17) is 0 Å². The summed E-state index contributed by atoms with van der Waals surface area (Å²) in [7, 11) is 0. The Morgan fingerprint density at radius 3 is 1.62 bits per heavy atom. The molecule has 0 aliphatic rings. The SMILES string of the molecule is c1ccc2ncc([I+]c3cnc4ccccc4c3)cc2c1. The smallest absolute Gasteiger partial charge is 0.252 e. The van der Waals surface area contributed by atoms with E-state index >= 15 is 0 Å². The molecule has 21 heavy (non-hydrogen) atoms. The molecule has 0 fully saturated rings. The molecule has 0 spiro atoms. The second-order valence-corrected chi connectivity index (χ2v) is 7.82. The van der Waals surface area contributed by atoms with Crippen LogP contribution in [0.2, 0.25) is 0 Å². The zero-order valence-electron chi connectivity index (χ0n) is 11.2. The first-order valence-corrected chi connectivity index (χ1v) is 8.89. The summed E-state index contributed by atoms with van der Waals surface area (Å²) in [5, 5.41) is 2.42. The fraction of sp³-hybridized carbons (Fsp3) is 0. The van der Waals surface area contributed by atoms with Gasteiger partial charge in [-0.3, -0.25) is 9.97 Å². The number of benzene rings is 2. The molecule has 0 atom stereocenters. The number of rotatable bonds is 2. The molecule has 0 bridgehead atoms. The van der Waals surface area contributed by atoms with Crippen LogP contribution in [0.3, 0.4) is 0 Å². The highest BCUT2D eigenvalue weighted by atomic mass is 127. The summed E-state index contributed by atoms with van der Waals surface area (Å²) in [4.78, 5) is 9.09. The van der Waals surface area contributed by atoms with Crippen LogP contribution in [-0.2, 0) is 0 Å². The molecule has 0 aliphatic heterocycles. The lowest BCUT2D eigenvalue weighted by Gasteiger charge is -1.96. The largest absolute Gasteiger partial charge is 0.361 e. The van der Waals surface area contributed by atoms with Gasteiger partial charge in [-0.2, -0.15) is 0 Å². The first-order valence-electron chi connectivity index (χ1n) is 6.73. The highest BCUT2D eigenvalue weighted by Gasteiger charge is 2.17. The number of fused-ring (bicyclic) bond motifs is 2. The van der Waals surface area contributed by atoms with Gasteiger partial charge in [-0.15, -0.1) is 0 Å². The Kier molecular flexibility index (Phi) is 3.27. The van der Waals surface area contributed by atoms with Gasteiger partial charge in [0.05, 0.1) is 23.4 Å². The summed E-state index contributed by atoms with van der Waals surface area (Å²) in [6.07, 6.45) is 4.01. The standard InChI is InChI=1S/C18H12IN2/c1-3-7-17-13(5-1)9-15(11-20-17)19-16-10-14-6-2-4-8-18(14)21-12-16/h1-12H/q+1. The van der Waals surface area contributed by atoms with E-state index in [9.17, 15) is 0 Å². The zero-order valence-corrected chi connectivity index (χ0v) is 13.4. The number of hydrogen-bond donors (Lipinski definition) is 0. The number of pyridine rings is 2. The molecule has 2 nitrogen and oxygen atoms in total. The van der Waals surface area contributed by atoms with Crippen molar-refractivity contribution in [1.29, 1.82) is 0 Å². The van der Waals surface area contributed by atoms with Crippen LogP contribution in [0.15, 0.2) is 73.1 Å². The fourth-order valence-corrected chi connectivity index (χ4v) is 4.58. The van der Waals surface area contributed by atoms with Crippen molar-refractivity contribution < 1.29 is 21.2 Å². The Morgan fingerprint density at radius 2 is 1.10 bits per heavy atom. The van der Waals surface area contributed by atoms with Gasteiger partial charge in [0, 0.05) is 22.9 Å². The second-order valence-electron chi connectivity index (χ2n) is 4.79. The average molecular weight is 383 g/mol. The normalized spacial score (nSPS) is 11.0. The molecular weight excluding hydrogens is 371 g/mol. The van der Waals surface area contributed by atoms with Gasteiger partial charge in [0.2, 0.25) is 7.14 Å². The van der Waals surface area contributed by atoms with Crippen molar-refractivity contribution in [3.05, 3.63) is 80.2 Å². The summed E-state index contributed by atoms with van der Waals surface area (Å²) in [5.74, 6) is 0. The zero-order chi connectivity index (χ0) is 14.1. The minimum atomic E-state index is -0.246. The minimum Gasteiger partial charge on any atom is -0.252 e. The van der Waals surface area contributed by atoms with Crippen molar-refractivity contribution in [2.75, 3.05) is 0 Å². The third-order valence-corrected chi connectivity index (χ3v) is 5.76. The summed E-state index contributed by atoms with van der Waals surface area (Å²) < 4.78 is 2.65. The predicted molar refractivity (Wildman–Crippen MR) is 80.9 cm³/mol. The van der Waals surface area contributed by atoms with Gasteiger partial charge in [-0.25, -0.2) is 0 Å². The summed E-state index contributed by atoms with van der Waals surface area (Å²) in [5.41, 5.74) is 2.11. The molecule has 0 saturated heterocycles. The molecule has 2 aromatic carbocycles. The highest BCUT2D eigenvalue weighted by Crippen LogP contribution is 2.10. The molecule has 2 heterocycles. The third-order valence-electron chi connectivity index (χ3n) is 3.33. The molecule has 0 aliphatic carbocycles. The van der Waals surface area contributed by atoms with Crippen LogP contribution in [0, 0.1) is 7.14 Å². The molecule has 3 heteroatoms. The van der Waals surface area contributed by atoms with Crippen molar-refractivity contribution in [2.24, 2.45) is 0 Å². The van der Waals surface area contributed by atoms with E-state index in [1.165, 1.54) is 17.9 Å². The molecule has 4 rings (SSSR count). The number of aromatic nitrogens is 2. The lowest BCUT2D eigenvalue weighted by molar-refractivity contribution is -0.597. The van der Waals surface area contributed by atoms with Gasteiger partial charge in [0.1, 0.15) is 0 Å². The molecule has 0 radical (unpaired) electrons. The van der Waals surface area contributed by atoms with Crippen LogP contribution in [-0.4, -0.2) is 9.97 Å². The molecule has 0 unspecified atom stereocenters. The van der Waals surface area contributed by atoms with E-state index in [0.717, 1.165) is 11.0 Å². The Bertz CT molecular complexity index is 857. The van der Waals surface area contributed by atoms with Gasteiger partial charge in [-0.1, -0.05) is 36.4 Å². The molecular formula is C18H12IN2+. The van der Waals surface area contributed by atoms with E-state index in [1.54, 1.807) is 0 Å². The summed E-state index contributed by atoms with van der Waals surface area (Å²) in [6, 6.07) is 21.0. The van der Waals surface area contributed by atoms with Crippen LogP contribution < -0.4 is 21.2 Å². The Labute approximate surface area is 133 Å². The lowest BCUT2D eigenvalue weighted by atomic mass is 10.2. The molecule has 0 amide bonds. The Balaban J connectivity index is 1.71. The fourth-order valence-electron chi connectivity index (χ4n) is 2.32. The van der Waals surface area contributed by atoms with Crippen LogP contribution in [0.25, 0.3) is 21.8 Å². The van der Waals surface area contributed by atoms with Gasteiger partial charge in [-0.05, 0) is 12.1 Å². The van der Waals surface area contributed by atoms with E-state index in [2.05, 4.69) is 58.5 Å². The van der Waals surface area contributed by atoms with Crippen LogP contribution >= 0.6 is 0 Å². The van der Waals surface area contributed by atoms with Gasteiger partial charge < -0.3 is 0 Å². The maximum Gasteiger partial charge on any atom is 0.361 e. The summed E-state index contributed by atoms with van der Waals surface area (Å²) >= 11 is -0.246. The van der Waals surface area contributed by atoms with Crippen molar-refractivity contribution >= 4 is 21.8 Å². The quantitative estimate of drug-likeness (QED) is 0.481. The van der Waals surface area contributed by atoms with Crippen molar-refractivity contribution in [3.8, 4) is 0 Å². The molecule has 2 aromatic heterocycles. The van der Waals surface area contributed by atoms with E-state index in [-0.39, 0.29) is 21.2 Å². The first-order chi connectivity index (χ1) is 10.4. The molecule has 100 valence electrons. The van der Waals surface area contributed by atoms with Crippen LogP contribution in [0.5, 0.6) is 0 Å². The van der Waals surface area contributed by atoms with E-state index in [0.29, 0.717) is 0 Å². The Hall–Kier alpha value is -2.01. The predicted octanol–water partition coefficient (Wildman–Crippen LogP) is 0.911. The summed E-state index contributed by atoms with van der Waals surface area (Å²) in [6.45, 7) is 0. The van der Waals surface area contributed by atoms with Crippen LogP contribution in [0.4, 0.5) is 0 Å². The molecule has 0 saturated carbocycles. The lowest BCUT2D eigenvalue weighted by Crippen LogP contribution is -3.61. The monoisotopic (exact) mass is 383 g/mol. The third kappa shape index (κ3) is 2.61. The highest BCUT2D eigenvalue weighted by molar-refractivity contribution is 5.78. The number of para-hydroxylation sites is 2. The number of nitrogens with zero attached hydrogens (tertiary/aromatic N) is 2.